The van der Waals surface area contributed by atoms with Crippen LogP contribution in [-0.4, -0.2) is 17.4 Å². The number of aryl methyl sites for hydroxylation is 2. The Morgan fingerprint density at radius 3 is 1.10 bits per heavy atom. The summed E-state index contributed by atoms with van der Waals surface area (Å²) in [5.74, 6) is 1.61. The molecule has 0 aliphatic carbocycles. The molecule has 6 heteroatoms. The van der Waals surface area contributed by atoms with Crippen molar-refractivity contribution in [1.82, 2.24) is 4.98 Å². The van der Waals surface area contributed by atoms with E-state index in [9.17, 15) is 0 Å². The van der Waals surface area contributed by atoms with Crippen LogP contribution in [-0.2, 0) is 17.1 Å². The molecule has 3 nitrogen and oxygen atoms in total. The van der Waals surface area contributed by atoms with Crippen molar-refractivity contribution in [3.63, 3.8) is 0 Å². The van der Waals surface area contributed by atoms with Crippen molar-refractivity contribution in [2.75, 3.05) is 0 Å². The number of benzene rings is 2. The van der Waals surface area contributed by atoms with Crippen molar-refractivity contribution < 1.29 is 41.9 Å². The molecule has 1 heterocycles. The fraction of sp³-hybridized carbons (Fsp3) is 0.424. The van der Waals surface area contributed by atoms with Crippen molar-refractivity contribution in [2.24, 2.45) is 9.98 Å². The standard InChI is InChI=1S/C33H43N3.2ClH.Fe/c1-20(2)28-14-24(9)15-29(21(3)4)32(28)34-18-26-12-11-13-27(36-26)19-35-33-30(22(5)6)16-25(10)17-31(33)23(7)8;;;/h11-23H,1-10H3;2*1H;/q;;;+2/p-2. The van der Waals surface area contributed by atoms with Gasteiger partial charge in [0.25, 0.3) is 0 Å². The zero-order valence-corrected chi connectivity index (χ0v) is 27.6. The second-order valence-corrected chi connectivity index (χ2v) is 11.2. The minimum absolute atomic E-state index is 0. The molecule has 0 amide bonds. The van der Waals surface area contributed by atoms with Crippen LogP contribution in [0.1, 0.15) is 124 Å². The van der Waals surface area contributed by atoms with E-state index in [4.69, 9.17) is 15.0 Å². The first-order chi connectivity index (χ1) is 17.0. The van der Waals surface area contributed by atoms with Crippen LogP contribution in [0.15, 0.2) is 52.4 Å². The molecule has 1 aromatic heterocycles. The van der Waals surface area contributed by atoms with Crippen molar-refractivity contribution in [1.29, 1.82) is 0 Å². The molecule has 0 aliphatic heterocycles. The van der Waals surface area contributed by atoms with Crippen molar-refractivity contribution >= 4 is 23.8 Å². The summed E-state index contributed by atoms with van der Waals surface area (Å²) in [6.07, 6.45) is 3.79. The van der Waals surface area contributed by atoms with Gasteiger partial charge in [0, 0.05) is 0 Å². The molecule has 0 aliphatic rings. The first-order valence-corrected chi connectivity index (χ1v) is 13.3. The van der Waals surface area contributed by atoms with E-state index in [-0.39, 0.29) is 41.9 Å². The summed E-state index contributed by atoms with van der Waals surface area (Å²) >= 11 is 0. The van der Waals surface area contributed by atoms with Gasteiger partial charge in [-0.25, -0.2) is 4.98 Å². The van der Waals surface area contributed by atoms with Crippen LogP contribution < -0.4 is 24.8 Å². The fourth-order valence-corrected chi connectivity index (χ4v) is 4.60. The van der Waals surface area contributed by atoms with E-state index in [1.54, 1.807) is 0 Å². The van der Waals surface area contributed by atoms with Gasteiger partial charge in [0.1, 0.15) is 0 Å². The van der Waals surface area contributed by atoms with Gasteiger partial charge in [-0.15, -0.1) is 0 Å². The summed E-state index contributed by atoms with van der Waals surface area (Å²) in [5.41, 5.74) is 11.5. The molecule has 0 spiro atoms. The van der Waals surface area contributed by atoms with E-state index < -0.39 is 0 Å². The predicted octanol–water partition coefficient (Wildman–Crippen LogP) is 3.70. The second kappa shape index (κ2) is 16.3. The minimum atomic E-state index is 0. The van der Waals surface area contributed by atoms with Gasteiger partial charge in [-0.1, -0.05) is 96.8 Å². The number of pyridine rings is 1. The molecular weight excluding hydrogens is 565 g/mol. The second-order valence-electron chi connectivity index (χ2n) is 11.2. The number of rotatable bonds is 8. The number of aromatic nitrogens is 1. The summed E-state index contributed by atoms with van der Waals surface area (Å²) in [6, 6.07) is 15.1. The monoisotopic (exact) mass is 607 g/mol. The fourth-order valence-electron chi connectivity index (χ4n) is 4.60. The van der Waals surface area contributed by atoms with E-state index in [2.05, 4.69) is 93.5 Å². The third-order valence-electron chi connectivity index (χ3n) is 6.56. The van der Waals surface area contributed by atoms with Crippen LogP contribution in [0.2, 0.25) is 0 Å². The Labute approximate surface area is 259 Å². The molecular formula is C33H43Cl2FeN3. The van der Waals surface area contributed by atoms with Crippen molar-refractivity contribution in [3.05, 3.63) is 87.2 Å². The maximum Gasteiger partial charge on any atom is 2.00 e. The molecule has 0 radical (unpaired) electrons. The minimum Gasteiger partial charge on any atom is -1.00 e. The normalized spacial score (nSPS) is 11.4. The first-order valence-electron chi connectivity index (χ1n) is 13.3. The van der Waals surface area contributed by atoms with Gasteiger partial charge in [-0.2, -0.15) is 0 Å². The van der Waals surface area contributed by atoms with E-state index in [1.165, 1.54) is 33.4 Å². The summed E-state index contributed by atoms with van der Waals surface area (Å²) in [5, 5.41) is 0. The SMILES string of the molecule is Cc1cc(C(C)C)c(N=Cc2cccc(C=Nc3c(C(C)C)cc(C)cc3C(C)C)n2)c(C(C)C)c1.[Cl-].[Cl-].[Fe+2]. The zero-order chi connectivity index (χ0) is 26.6. The quantitative estimate of drug-likeness (QED) is 0.284. The van der Waals surface area contributed by atoms with Gasteiger partial charge in [-0.3, -0.25) is 9.98 Å². The Morgan fingerprint density at radius 1 is 0.564 bits per heavy atom. The van der Waals surface area contributed by atoms with E-state index in [0.717, 1.165) is 22.8 Å². The molecule has 39 heavy (non-hydrogen) atoms. The van der Waals surface area contributed by atoms with Crippen LogP contribution in [0.4, 0.5) is 11.4 Å². The summed E-state index contributed by atoms with van der Waals surface area (Å²) in [7, 11) is 0. The Bertz CT molecular complexity index is 1120. The number of nitrogens with zero attached hydrogens (tertiary/aromatic N) is 3. The van der Waals surface area contributed by atoms with Crippen molar-refractivity contribution in [3.8, 4) is 0 Å². The zero-order valence-electron chi connectivity index (χ0n) is 25.0. The van der Waals surface area contributed by atoms with Crippen LogP contribution in [0, 0.1) is 13.8 Å². The molecule has 0 saturated heterocycles. The number of halogens is 2. The molecule has 0 bridgehead atoms. The molecule has 0 N–H and O–H groups in total. The average Bonchev–Trinajstić information content (AvgIpc) is 2.81. The molecule has 212 valence electrons. The van der Waals surface area contributed by atoms with E-state index in [0.29, 0.717) is 23.7 Å². The molecule has 2 aromatic carbocycles. The number of aliphatic imine (C=N–C) groups is 2. The summed E-state index contributed by atoms with van der Waals surface area (Å²) in [4.78, 5) is 14.8. The first kappa shape index (κ1) is 37.0. The Morgan fingerprint density at radius 2 is 0.846 bits per heavy atom. The Balaban J connectivity index is 0.00000481. The Kier molecular flexibility index (Phi) is 15.5. The topological polar surface area (TPSA) is 37.6 Å². The third kappa shape index (κ3) is 9.57. The van der Waals surface area contributed by atoms with Gasteiger partial charge in [0.15, 0.2) is 0 Å². The van der Waals surface area contributed by atoms with E-state index >= 15 is 0 Å². The van der Waals surface area contributed by atoms with Crippen LogP contribution in [0.25, 0.3) is 0 Å². The smallest absolute Gasteiger partial charge is 1.00 e. The molecule has 0 unspecified atom stereocenters. The summed E-state index contributed by atoms with van der Waals surface area (Å²) in [6.45, 7) is 22.2. The molecule has 0 atom stereocenters. The van der Waals surface area contributed by atoms with Gasteiger partial charge >= 0.3 is 17.1 Å². The Hall–Kier alpha value is -1.97. The molecule has 3 aromatic rings. The third-order valence-corrected chi connectivity index (χ3v) is 6.56. The maximum absolute atomic E-state index is 4.97. The maximum atomic E-state index is 4.97. The van der Waals surface area contributed by atoms with Crippen LogP contribution in [0.3, 0.4) is 0 Å². The predicted molar refractivity (Wildman–Crippen MR) is 157 cm³/mol. The summed E-state index contributed by atoms with van der Waals surface area (Å²) < 4.78 is 0. The van der Waals surface area contributed by atoms with Crippen molar-refractivity contribution in [2.45, 2.75) is 92.9 Å². The van der Waals surface area contributed by atoms with Gasteiger partial charge in [-0.05, 0) is 71.9 Å². The van der Waals surface area contributed by atoms with Crippen LogP contribution >= 0.6 is 0 Å². The van der Waals surface area contributed by atoms with Gasteiger partial charge in [0.05, 0.1) is 35.2 Å². The van der Waals surface area contributed by atoms with Gasteiger partial charge in [0.2, 0.25) is 0 Å². The van der Waals surface area contributed by atoms with Crippen LogP contribution in [0.5, 0.6) is 0 Å². The number of hydrogen-bond donors (Lipinski definition) is 0. The number of hydrogen-bond acceptors (Lipinski definition) is 3. The van der Waals surface area contributed by atoms with E-state index in [1.807, 2.05) is 30.6 Å². The average molecular weight is 608 g/mol. The van der Waals surface area contributed by atoms with Gasteiger partial charge < -0.3 is 24.8 Å². The molecule has 0 saturated carbocycles. The largest absolute Gasteiger partial charge is 2.00 e. The molecule has 0 fully saturated rings. The molecule has 3 rings (SSSR count).